The Morgan fingerprint density at radius 3 is 2.68 bits per heavy atom. The van der Waals surface area contributed by atoms with Gasteiger partial charge in [-0.25, -0.2) is 0 Å². The summed E-state index contributed by atoms with van der Waals surface area (Å²) in [4.78, 5) is 2.38. The monoisotopic (exact) mass is 262 g/mol. The van der Waals surface area contributed by atoms with E-state index in [1.165, 1.54) is 24.0 Å². The van der Waals surface area contributed by atoms with Crippen LogP contribution < -0.4 is 5.73 Å². The number of nitrogens with two attached hydrogens (primary N) is 1. The Kier molecular flexibility index (Phi) is 5.37. The van der Waals surface area contributed by atoms with Crippen LogP contribution in [0.3, 0.4) is 0 Å². The molecule has 0 aliphatic carbocycles. The number of rotatable bonds is 5. The molecule has 1 aliphatic rings. The highest BCUT2D eigenvalue weighted by Crippen LogP contribution is 2.22. The highest BCUT2D eigenvalue weighted by molar-refractivity contribution is 5.24. The van der Waals surface area contributed by atoms with Crippen molar-refractivity contribution in [1.29, 1.82) is 0 Å². The Labute approximate surface area is 116 Å². The Bertz CT molecular complexity index is 371. The van der Waals surface area contributed by atoms with Gasteiger partial charge in [0.05, 0.1) is 6.61 Å². The lowest BCUT2D eigenvalue weighted by atomic mass is 9.99. The molecule has 106 valence electrons. The van der Waals surface area contributed by atoms with Crippen molar-refractivity contribution in [3.05, 3.63) is 35.4 Å². The molecule has 3 nitrogen and oxygen atoms in total. The van der Waals surface area contributed by atoms with E-state index in [1.54, 1.807) is 0 Å². The first kappa shape index (κ1) is 14.5. The summed E-state index contributed by atoms with van der Waals surface area (Å²) in [6.07, 6.45) is 2.46. The third-order valence-corrected chi connectivity index (χ3v) is 4.02. The van der Waals surface area contributed by atoms with E-state index in [1.807, 2.05) is 0 Å². The number of nitrogens with zero attached hydrogens (tertiary/aromatic N) is 1. The smallest absolute Gasteiger partial charge is 0.0506 e. The minimum Gasteiger partial charge on any atom is -0.381 e. The second-order valence-corrected chi connectivity index (χ2v) is 5.68. The van der Waals surface area contributed by atoms with E-state index < -0.39 is 0 Å². The molecule has 1 aromatic carbocycles. The van der Waals surface area contributed by atoms with Gasteiger partial charge in [-0.1, -0.05) is 29.8 Å². The topological polar surface area (TPSA) is 38.5 Å². The molecule has 3 heteroatoms. The maximum absolute atomic E-state index is 5.98. The van der Waals surface area contributed by atoms with Gasteiger partial charge >= 0.3 is 0 Å². The highest BCUT2D eigenvalue weighted by Gasteiger charge is 2.21. The van der Waals surface area contributed by atoms with Crippen LogP contribution in [0.5, 0.6) is 0 Å². The molecule has 2 N–H and O–H groups in total. The average molecular weight is 262 g/mol. The molecule has 0 bridgehead atoms. The molecule has 2 rings (SSSR count). The summed E-state index contributed by atoms with van der Waals surface area (Å²) < 4.78 is 5.56. The van der Waals surface area contributed by atoms with Crippen molar-refractivity contribution in [2.24, 2.45) is 11.7 Å². The molecular formula is C16H26N2O. The molecule has 1 saturated heterocycles. The van der Waals surface area contributed by atoms with E-state index in [0.717, 1.165) is 19.8 Å². The van der Waals surface area contributed by atoms with Crippen LogP contribution in [0.4, 0.5) is 0 Å². The maximum Gasteiger partial charge on any atom is 0.0506 e. The fraction of sp³-hybridized carbons (Fsp3) is 0.625. The predicted octanol–water partition coefficient (Wildman–Crippen LogP) is 2.35. The molecule has 1 aliphatic heterocycles. The van der Waals surface area contributed by atoms with Gasteiger partial charge in [-0.15, -0.1) is 0 Å². The fourth-order valence-corrected chi connectivity index (χ4v) is 2.85. The molecule has 0 saturated carbocycles. The van der Waals surface area contributed by atoms with E-state index >= 15 is 0 Å². The van der Waals surface area contributed by atoms with Crippen molar-refractivity contribution in [2.75, 3.05) is 33.4 Å². The highest BCUT2D eigenvalue weighted by atomic mass is 16.5. The predicted molar refractivity (Wildman–Crippen MR) is 79.1 cm³/mol. The summed E-state index contributed by atoms with van der Waals surface area (Å²) >= 11 is 0. The van der Waals surface area contributed by atoms with Gasteiger partial charge in [0, 0.05) is 25.7 Å². The van der Waals surface area contributed by atoms with Crippen LogP contribution in [0.1, 0.15) is 30.0 Å². The van der Waals surface area contributed by atoms with Crippen molar-refractivity contribution < 1.29 is 4.74 Å². The third kappa shape index (κ3) is 4.03. The van der Waals surface area contributed by atoms with E-state index in [4.69, 9.17) is 10.5 Å². The number of ether oxygens (including phenoxy) is 1. The minimum atomic E-state index is 0.308. The molecule has 0 amide bonds. The number of benzene rings is 1. The summed E-state index contributed by atoms with van der Waals surface area (Å²) in [5.74, 6) is 0.651. The first-order chi connectivity index (χ1) is 9.20. The van der Waals surface area contributed by atoms with Gasteiger partial charge in [0.2, 0.25) is 0 Å². The van der Waals surface area contributed by atoms with Crippen molar-refractivity contribution in [3.8, 4) is 0 Å². The summed E-state index contributed by atoms with van der Waals surface area (Å²) in [7, 11) is 2.17. The van der Waals surface area contributed by atoms with E-state index in [0.29, 0.717) is 18.5 Å². The van der Waals surface area contributed by atoms with Gasteiger partial charge < -0.3 is 10.5 Å². The van der Waals surface area contributed by atoms with Gasteiger partial charge in [-0.2, -0.15) is 0 Å². The first-order valence-corrected chi connectivity index (χ1v) is 7.25. The van der Waals surface area contributed by atoms with E-state index in [2.05, 4.69) is 43.1 Å². The zero-order valence-corrected chi connectivity index (χ0v) is 12.1. The lowest BCUT2D eigenvalue weighted by Gasteiger charge is -2.32. The second-order valence-electron chi connectivity index (χ2n) is 5.68. The summed E-state index contributed by atoms with van der Waals surface area (Å²) in [5.41, 5.74) is 8.58. The fourth-order valence-electron chi connectivity index (χ4n) is 2.85. The maximum atomic E-state index is 5.98. The minimum absolute atomic E-state index is 0.308. The Hall–Kier alpha value is -0.900. The van der Waals surface area contributed by atoms with Crippen LogP contribution in [0.15, 0.2) is 24.3 Å². The quantitative estimate of drug-likeness (QED) is 0.885. The molecule has 2 atom stereocenters. The SMILES string of the molecule is Cc1ccc(C(CN)N(C)CC2CCCOC2)cc1. The molecule has 2 unspecified atom stereocenters. The van der Waals surface area contributed by atoms with Crippen LogP contribution in [-0.4, -0.2) is 38.3 Å². The first-order valence-electron chi connectivity index (χ1n) is 7.25. The average Bonchev–Trinajstić information content (AvgIpc) is 2.43. The molecule has 0 spiro atoms. The van der Waals surface area contributed by atoms with Crippen LogP contribution in [0, 0.1) is 12.8 Å². The van der Waals surface area contributed by atoms with Crippen LogP contribution in [0.25, 0.3) is 0 Å². The van der Waals surface area contributed by atoms with Crippen molar-refractivity contribution in [1.82, 2.24) is 4.90 Å². The number of hydrogen-bond acceptors (Lipinski definition) is 3. The Morgan fingerprint density at radius 1 is 1.37 bits per heavy atom. The molecule has 0 radical (unpaired) electrons. The van der Waals surface area contributed by atoms with E-state index in [-0.39, 0.29) is 0 Å². The largest absolute Gasteiger partial charge is 0.381 e. The van der Waals surface area contributed by atoms with E-state index in [9.17, 15) is 0 Å². The molecule has 19 heavy (non-hydrogen) atoms. The lowest BCUT2D eigenvalue weighted by Crippen LogP contribution is -2.36. The summed E-state index contributed by atoms with van der Waals surface area (Å²) in [6.45, 7) is 5.67. The van der Waals surface area contributed by atoms with Gasteiger partial charge in [0.15, 0.2) is 0 Å². The van der Waals surface area contributed by atoms with Crippen molar-refractivity contribution >= 4 is 0 Å². The van der Waals surface area contributed by atoms with Gasteiger partial charge in [-0.3, -0.25) is 4.90 Å². The molecule has 0 aromatic heterocycles. The normalized spacial score (nSPS) is 21.6. The molecule has 1 aromatic rings. The standard InChI is InChI=1S/C16H26N2O/c1-13-5-7-15(8-6-13)16(10-17)18(2)11-14-4-3-9-19-12-14/h5-8,14,16H,3-4,9-12,17H2,1-2H3. The van der Waals surface area contributed by atoms with Gasteiger partial charge in [0.1, 0.15) is 0 Å². The number of hydrogen-bond donors (Lipinski definition) is 1. The Morgan fingerprint density at radius 2 is 2.11 bits per heavy atom. The third-order valence-electron chi connectivity index (χ3n) is 4.02. The molecular weight excluding hydrogens is 236 g/mol. The summed E-state index contributed by atoms with van der Waals surface area (Å²) in [5, 5.41) is 0. The van der Waals surface area contributed by atoms with Crippen molar-refractivity contribution in [2.45, 2.75) is 25.8 Å². The summed E-state index contributed by atoms with van der Waals surface area (Å²) in [6, 6.07) is 9.02. The zero-order valence-electron chi connectivity index (χ0n) is 12.1. The second kappa shape index (κ2) is 7.04. The zero-order chi connectivity index (χ0) is 13.7. The lowest BCUT2D eigenvalue weighted by molar-refractivity contribution is 0.0365. The Balaban J connectivity index is 1.97. The van der Waals surface area contributed by atoms with Crippen molar-refractivity contribution in [3.63, 3.8) is 0 Å². The van der Waals surface area contributed by atoms with Gasteiger partial charge in [-0.05, 0) is 38.3 Å². The van der Waals surface area contributed by atoms with Crippen LogP contribution >= 0.6 is 0 Å². The van der Waals surface area contributed by atoms with Crippen LogP contribution in [0.2, 0.25) is 0 Å². The van der Waals surface area contributed by atoms with Crippen LogP contribution in [-0.2, 0) is 4.74 Å². The molecule has 1 fully saturated rings. The van der Waals surface area contributed by atoms with Gasteiger partial charge in [0.25, 0.3) is 0 Å². The number of likely N-dealkylation sites (N-methyl/N-ethyl adjacent to an activating group) is 1. The number of aryl methyl sites for hydroxylation is 1. The molecule has 1 heterocycles.